The van der Waals surface area contributed by atoms with Gasteiger partial charge in [0.05, 0.1) is 24.5 Å². The molecule has 0 bridgehead atoms. The van der Waals surface area contributed by atoms with E-state index < -0.39 is 0 Å². The predicted octanol–water partition coefficient (Wildman–Crippen LogP) is 4.09. The lowest BCUT2D eigenvalue weighted by Gasteiger charge is -2.09. The molecule has 1 fully saturated rings. The second-order valence-electron chi connectivity index (χ2n) is 5.18. The summed E-state index contributed by atoms with van der Waals surface area (Å²) in [5.41, 5.74) is 2.17. The van der Waals surface area contributed by atoms with Crippen molar-refractivity contribution in [3.63, 3.8) is 0 Å². The Hall–Kier alpha value is -1.04. The fourth-order valence-corrected chi connectivity index (χ4v) is 3.24. The number of rotatable bonds is 5. The van der Waals surface area contributed by atoms with Gasteiger partial charge in [-0.05, 0) is 30.5 Å². The molecule has 21 heavy (non-hydrogen) atoms. The molecule has 6 heteroatoms. The van der Waals surface area contributed by atoms with Crippen molar-refractivity contribution in [2.45, 2.75) is 32.0 Å². The van der Waals surface area contributed by atoms with E-state index in [1.807, 2.05) is 35.3 Å². The average molecular weight is 371 g/mol. The number of nitrogens with one attached hydrogen (secondary N) is 1. The van der Waals surface area contributed by atoms with Crippen LogP contribution in [0.15, 0.2) is 35.1 Å². The lowest BCUT2D eigenvalue weighted by Crippen LogP contribution is -2.15. The molecule has 1 aromatic heterocycles. The van der Waals surface area contributed by atoms with E-state index in [9.17, 15) is 0 Å². The lowest BCUT2D eigenvalue weighted by molar-refractivity contribution is 0.0940. The Labute approximate surface area is 137 Å². The quantitative estimate of drug-likeness (QED) is 0.861. The summed E-state index contributed by atoms with van der Waals surface area (Å²) in [6, 6.07) is 5.81. The van der Waals surface area contributed by atoms with E-state index in [0.717, 1.165) is 53.3 Å². The Bertz CT molecular complexity index is 611. The molecule has 0 amide bonds. The van der Waals surface area contributed by atoms with E-state index in [0.29, 0.717) is 6.10 Å². The van der Waals surface area contributed by atoms with Gasteiger partial charge < -0.3 is 10.1 Å². The van der Waals surface area contributed by atoms with Gasteiger partial charge in [0.15, 0.2) is 0 Å². The van der Waals surface area contributed by atoms with Crippen LogP contribution in [0.5, 0.6) is 0 Å². The molecule has 112 valence electrons. The van der Waals surface area contributed by atoms with Crippen LogP contribution in [0.25, 0.3) is 0 Å². The molecule has 1 aromatic carbocycles. The van der Waals surface area contributed by atoms with E-state index in [1.54, 1.807) is 0 Å². The molecule has 0 spiro atoms. The predicted molar refractivity (Wildman–Crippen MR) is 87.7 cm³/mol. The first-order chi connectivity index (χ1) is 10.2. The van der Waals surface area contributed by atoms with Gasteiger partial charge >= 0.3 is 0 Å². The zero-order chi connectivity index (χ0) is 14.7. The summed E-state index contributed by atoms with van der Waals surface area (Å²) < 4.78 is 8.57. The highest BCUT2D eigenvalue weighted by Gasteiger charge is 2.16. The Kier molecular flexibility index (Phi) is 4.83. The van der Waals surface area contributed by atoms with Crippen molar-refractivity contribution in [3.8, 4) is 0 Å². The maximum atomic E-state index is 5.94. The zero-order valence-electron chi connectivity index (χ0n) is 11.6. The molecule has 1 saturated heterocycles. The Morgan fingerprint density at radius 3 is 3.14 bits per heavy atom. The van der Waals surface area contributed by atoms with Crippen LogP contribution in [0.4, 0.5) is 5.69 Å². The molecule has 0 radical (unpaired) electrons. The van der Waals surface area contributed by atoms with Crippen LogP contribution in [0.3, 0.4) is 0 Å². The van der Waals surface area contributed by atoms with E-state index >= 15 is 0 Å². The second kappa shape index (κ2) is 6.81. The number of halogens is 2. The van der Waals surface area contributed by atoms with Gasteiger partial charge in [0.25, 0.3) is 0 Å². The SMILES string of the molecule is Clc1ccc(CNc2cnn(CC3CCCO3)c2)c(Br)c1. The summed E-state index contributed by atoms with van der Waals surface area (Å²) in [5.74, 6) is 0. The minimum atomic E-state index is 0.308. The van der Waals surface area contributed by atoms with Crippen molar-refractivity contribution in [2.24, 2.45) is 0 Å². The molecule has 2 heterocycles. The number of ether oxygens (including phenoxy) is 1. The highest BCUT2D eigenvalue weighted by Crippen LogP contribution is 2.22. The Balaban J connectivity index is 1.56. The Morgan fingerprint density at radius 1 is 1.48 bits per heavy atom. The first-order valence-electron chi connectivity index (χ1n) is 7.02. The second-order valence-corrected chi connectivity index (χ2v) is 6.47. The van der Waals surface area contributed by atoms with Gasteiger partial charge in [-0.15, -0.1) is 0 Å². The summed E-state index contributed by atoms with van der Waals surface area (Å²) in [7, 11) is 0. The summed E-state index contributed by atoms with van der Waals surface area (Å²) in [5, 5.41) is 8.47. The fraction of sp³-hybridized carbons (Fsp3) is 0.400. The molecule has 2 aromatic rings. The molecule has 4 nitrogen and oxygen atoms in total. The smallest absolute Gasteiger partial charge is 0.0771 e. The van der Waals surface area contributed by atoms with E-state index in [-0.39, 0.29) is 0 Å². The first-order valence-corrected chi connectivity index (χ1v) is 8.19. The van der Waals surface area contributed by atoms with Crippen LogP contribution in [0.1, 0.15) is 18.4 Å². The average Bonchev–Trinajstić information content (AvgIpc) is 3.10. The largest absolute Gasteiger partial charge is 0.378 e. The third kappa shape index (κ3) is 3.99. The fourth-order valence-electron chi connectivity index (χ4n) is 2.41. The molecule has 1 N–H and O–H groups in total. The van der Waals surface area contributed by atoms with Crippen molar-refractivity contribution in [3.05, 3.63) is 45.7 Å². The van der Waals surface area contributed by atoms with Crippen molar-refractivity contribution < 1.29 is 4.74 Å². The molecule has 1 atom stereocenters. The van der Waals surface area contributed by atoms with Crippen molar-refractivity contribution in [1.29, 1.82) is 0 Å². The van der Waals surface area contributed by atoms with Gasteiger partial charge in [-0.3, -0.25) is 4.68 Å². The minimum Gasteiger partial charge on any atom is -0.378 e. The van der Waals surface area contributed by atoms with Crippen molar-refractivity contribution in [1.82, 2.24) is 9.78 Å². The number of anilines is 1. The highest BCUT2D eigenvalue weighted by atomic mass is 79.9. The molecule has 1 aliphatic heterocycles. The maximum Gasteiger partial charge on any atom is 0.0771 e. The van der Waals surface area contributed by atoms with Gasteiger partial charge in [0.1, 0.15) is 0 Å². The van der Waals surface area contributed by atoms with Crippen LogP contribution in [0, 0.1) is 0 Å². The third-order valence-corrected chi connectivity index (χ3v) is 4.52. The van der Waals surface area contributed by atoms with E-state index in [1.165, 1.54) is 0 Å². The van der Waals surface area contributed by atoms with Crippen LogP contribution in [-0.4, -0.2) is 22.5 Å². The molecule has 0 saturated carbocycles. The van der Waals surface area contributed by atoms with Crippen molar-refractivity contribution in [2.75, 3.05) is 11.9 Å². The summed E-state index contributed by atoms with van der Waals surface area (Å²) >= 11 is 9.47. The van der Waals surface area contributed by atoms with Crippen molar-refractivity contribution >= 4 is 33.2 Å². The molecule has 3 rings (SSSR count). The highest BCUT2D eigenvalue weighted by molar-refractivity contribution is 9.10. The van der Waals surface area contributed by atoms with Gasteiger partial charge in [-0.2, -0.15) is 5.10 Å². The molecular formula is C15H17BrClN3O. The normalized spacial score (nSPS) is 18.1. The van der Waals surface area contributed by atoms with Gasteiger partial charge in [-0.25, -0.2) is 0 Å². The molecular weight excluding hydrogens is 354 g/mol. The standard InChI is InChI=1S/C15H17BrClN3O/c16-15-6-12(17)4-3-11(15)7-18-13-8-19-20(9-13)10-14-2-1-5-21-14/h3-4,6,8-9,14,18H,1-2,5,7,10H2. The van der Waals surface area contributed by atoms with Crippen LogP contribution in [-0.2, 0) is 17.8 Å². The van der Waals surface area contributed by atoms with Gasteiger partial charge in [0, 0.05) is 28.8 Å². The number of aromatic nitrogens is 2. The third-order valence-electron chi connectivity index (χ3n) is 3.55. The molecule has 1 aliphatic rings. The van der Waals surface area contributed by atoms with Crippen LogP contribution >= 0.6 is 27.5 Å². The summed E-state index contributed by atoms with van der Waals surface area (Å²) in [6.07, 6.45) is 6.45. The number of hydrogen-bond acceptors (Lipinski definition) is 3. The number of hydrogen-bond donors (Lipinski definition) is 1. The van der Waals surface area contributed by atoms with Gasteiger partial charge in [-0.1, -0.05) is 33.6 Å². The monoisotopic (exact) mass is 369 g/mol. The first kappa shape index (κ1) is 14.9. The number of nitrogens with zero attached hydrogens (tertiary/aromatic N) is 2. The Morgan fingerprint density at radius 2 is 2.38 bits per heavy atom. The van der Waals surface area contributed by atoms with Crippen LogP contribution < -0.4 is 5.32 Å². The van der Waals surface area contributed by atoms with E-state index in [4.69, 9.17) is 16.3 Å². The minimum absolute atomic E-state index is 0.308. The topological polar surface area (TPSA) is 39.1 Å². The maximum absolute atomic E-state index is 5.94. The lowest BCUT2D eigenvalue weighted by atomic mass is 10.2. The number of benzene rings is 1. The summed E-state index contributed by atoms with van der Waals surface area (Å²) in [6.45, 7) is 2.43. The van der Waals surface area contributed by atoms with Crippen LogP contribution in [0.2, 0.25) is 5.02 Å². The molecule has 0 aliphatic carbocycles. The molecule has 1 unspecified atom stereocenters. The summed E-state index contributed by atoms with van der Waals surface area (Å²) in [4.78, 5) is 0. The van der Waals surface area contributed by atoms with Gasteiger partial charge in [0.2, 0.25) is 0 Å². The zero-order valence-corrected chi connectivity index (χ0v) is 13.9. The van der Waals surface area contributed by atoms with E-state index in [2.05, 4.69) is 26.3 Å².